The fourth-order valence-corrected chi connectivity index (χ4v) is 2.49. The summed E-state index contributed by atoms with van der Waals surface area (Å²) in [5, 5.41) is 8.36. The molecule has 1 aromatic heterocycles. The maximum absolute atomic E-state index is 5.73. The lowest BCUT2D eigenvalue weighted by atomic mass is 10.0. The second-order valence-electron chi connectivity index (χ2n) is 4.35. The van der Waals surface area contributed by atoms with E-state index in [-0.39, 0.29) is 0 Å². The highest BCUT2D eigenvalue weighted by molar-refractivity contribution is 6.29. The van der Waals surface area contributed by atoms with Crippen molar-refractivity contribution in [3.05, 3.63) is 17.3 Å². The van der Waals surface area contributed by atoms with E-state index in [1.54, 1.807) is 6.07 Å². The average Bonchev–Trinajstić information content (AvgIpc) is 2.78. The Kier molecular flexibility index (Phi) is 2.90. The molecule has 0 saturated carbocycles. The van der Waals surface area contributed by atoms with E-state index in [9.17, 15) is 0 Å². The molecule has 1 aromatic rings. The molecule has 0 N–H and O–H groups in total. The molecular weight excluding hydrogens is 242 g/mol. The SMILES string of the molecule is Clc1ccc(N2CCCC3(C2)OCCO3)nn1. The van der Waals surface area contributed by atoms with Gasteiger partial charge in [-0.05, 0) is 18.6 Å². The van der Waals surface area contributed by atoms with E-state index in [2.05, 4.69) is 15.1 Å². The standard InChI is InChI=1S/C11H14ClN3O2/c12-9-2-3-10(14-13-9)15-5-1-4-11(8-15)16-6-7-17-11/h2-3H,1,4-8H2. The molecule has 2 aliphatic rings. The fourth-order valence-electron chi connectivity index (χ4n) is 2.39. The molecule has 0 aliphatic carbocycles. The van der Waals surface area contributed by atoms with Crippen molar-refractivity contribution in [2.75, 3.05) is 31.2 Å². The summed E-state index contributed by atoms with van der Waals surface area (Å²) >= 11 is 5.73. The number of ether oxygens (including phenoxy) is 2. The molecule has 3 rings (SSSR count). The monoisotopic (exact) mass is 255 g/mol. The summed E-state index contributed by atoms with van der Waals surface area (Å²) in [5.74, 6) is 0.395. The lowest BCUT2D eigenvalue weighted by Crippen LogP contribution is -2.49. The highest BCUT2D eigenvalue weighted by Gasteiger charge is 2.41. The Bertz CT molecular complexity index is 392. The first-order chi connectivity index (χ1) is 8.27. The Hall–Kier alpha value is -0.910. The summed E-state index contributed by atoms with van der Waals surface area (Å²) in [7, 11) is 0. The topological polar surface area (TPSA) is 47.5 Å². The van der Waals surface area contributed by atoms with Crippen molar-refractivity contribution in [3.8, 4) is 0 Å². The van der Waals surface area contributed by atoms with Crippen molar-refractivity contribution in [1.29, 1.82) is 0 Å². The van der Waals surface area contributed by atoms with E-state index in [4.69, 9.17) is 21.1 Å². The van der Waals surface area contributed by atoms with Crippen LogP contribution in [-0.2, 0) is 9.47 Å². The number of halogens is 1. The molecule has 2 aliphatic heterocycles. The number of anilines is 1. The molecule has 1 spiro atoms. The summed E-state index contributed by atoms with van der Waals surface area (Å²) in [6.07, 6.45) is 1.98. The quantitative estimate of drug-likeness (QED) is 0.761. The van der Waals surface area contributed by atoms with Crippen LogP contribution in [0.2, 0.25) is 5.15 Å². The van der Waals surface area contributed by atoms with Gasteiger partial charge in [0.1, 0.15) is 0 Å². The lowest BCUT2D eigenvalue weighted by Gasteiger charge is -2.38. The number of hydrogen-bond acceptors (Lipinski definition) is 5. The zero-order valence-electron chi connectivity index (χ0n) is 9.43. The van der Waals surface area contributed by atoms with Gasteiger partial charge in [0.15, 0.2) is 16.8 Å². The van der Waals surface area contributed by atoms with E-state index >= 15 is 0 Å². The molecule has 5 nitrogen and oxygen atoms in total. The first-order valence-corrected chi connectivity index (χ1v) is 6.17. The molecule has 92 valence electrons. The van der Waals surface area contributed by atoms with Crippen LogP contribution in [0.1, 0.15) is 12.8 Å². The van der Waals surface area contributed by atoms with E-state index in [0.29, 0.717) is 24.9 Å². The van der Waals surface area contributed by atoms with Crippen molar-refractivity contribution >= 4 is 17.4 Å². The van der Waals surface area contributed by atoms with Crippen molar-refractivity contribution in [2.45, 2.75) is 18.6 Å². The van der Waals surface area contributed by atoms with Crippen LogP contribution >= 0.6 is 11.6 Å². The first-order valence-electron chi connectivity index (χ1n) is 5.80. The number of hydrogen-bond donors (Lipinski definition) is 0. The summed E-state index contributed by atoms with van der Waals surface area (Å²) < 4.78 is 11.4. The van der Waals surface area contributed by atoms with Crippen molar-refractivity contribution in [2.24, 2.45) is 0 Å². The molecule has 0 atom stereocenters. The molecule has 17 heavy (non-hydrogen) atoms. The molecule has 2 fully saturated rings. The molecule has 0 unspecified atom stereocenters. The molecule has 2 saturated heterocycles. The third-order valence-electron chi connectivity index (χ3n) is 3.17. The Labute approximate surface area is 105 Å². The fraction of sp³-hybridized carbons (Fsp3) is 0.636. The zero-order valence-corrected chi connectivity index (χ0v) is 10.2. The molecule has 0 radical (unpaired) electrons. The van der Waals surface area contributed by atoms with E-state index in [0.717, 1.165) is 25.2 Å². The number of rotatable bonds is 1. The molecule has 0 amide bonds. The van der Waals surface area contributed by atoms with Gasteiger partial charge in [0.05, 0.1) is 19.8 Å². The molecule has 0 bridgehead atoms. The smallest absolute Gasteiger partial charge is 0.186 e. The highest BCUT2D eigenvalue weighted by Crippen LogP contribution is 2.31. The molecule has 6 heteroatoms. The number of piperidine rings is 1. The minimum atomic E-state index is -0.431. The Morgan fingerprint density at radius 2 is 2.06 bits per heavy atom. The van der Waals surface area contributed by atoms with E-state index in [1.165, 1.54) is 0 Å². The number of aromatic nitrogens is 2. The van der Waals surface area contributed by atoms with Gasteiger partial charge >= 0.3 is 0 Å². The van der Waals surface area contributed by atoms with Gasteiger partial charge in [0.25, 0.3) is 0 Å². The third kappa shape index (κ3) is 2.22. The van der Waals surface area contributed by atoms with Gasteiger partial charge in [0.2, 0.25) is 0 Å². The third-order valence-corrected chi connectivity index (χ3v) is 3.37. The maximum atomic E-state index is 5.73. The van der Waals surface area contributed by atoms with Gasteiger partial charge in [-0.3, -0.25) is 0 Å². The maximum Gasteiger partial charge on any atom is 0.186 e. The number of nitrogens with zero attached hydrogens (tertiary/aromatic N) is 3. The van der Waals surface area contributed by atoms with Crippen LogP contribution in [0.4, 0.5) is 5.82 Å². The van der Waals surface area contributed by atoms with Gasteiger partial charge in [-0.25, -0.2) is 0 Å². The van der Waals surface area contributed by atoms with Crippen LogP contribution in [-0.4, -0.2) is 42.3 Å². The second kappa shape index (κ2) is 4.40. The van der Waals surface area contributed by atoms with Gasteiger partial charge < -0.3 is 14.4 Å². The van der Waals surface area contributed by atoms with Crippen LogP contribution in [0.3, 0.4) is 0 Å². The first kappa shape index (κ1) is 11.2. The van der Waals surface area contributed by atoms with Crippen LogP contribution < -0.4 is 4.90 Å². The lowest BCUT2D eigenvalue weighted by molar-refractivity contribution is -0.161. The summed E-state index contributed by atoms with van der Waals surface area (Å²) in [6.45, 7) is 3.02. The predicted octanol–water partition coefficient (Wildman–Crippen LogP) is 1.47. The Morgan fingerprint density at radius 3 is 2.76 bits per heavy atom. The minimum absolute atomic E-state index is 0.411. The van der Waals surface area contributed by atoms with Crippen molar-refractivity contribution in [3.63, 3.8) is 0 Å². The largest absolute Gasteiger partial charge is 0.350 e. The van der Waals surface area contributed by atoms with Gasteiger partial charge in [-0.1, -0.05) is 11.6 Å². The summed E-state index contributed by atoms with van der Waals surface area (Å²) in [4.78, 5) is 2.14. The van der Waals surface area contributed by atoms with Gasteiger partial charge in [-0.15, -0.1) is 10.2 Å². The zero-order chi connectivity index (χ0) is 11.7. The van der Waals surface area contributed by atoms with E-state index < -0.39 is 5.79 Å². The highest BCUT2D eigenvalue weighted by atomic mass is 35.5. The Morgan fingerprint density at radius 1 is 1.24 bits per heavy atom. The van der Waals surface area contributed by atoms with Crippen LogP contribution in [0.25, 0.3) is 0 Å². The van der Waals surface area contributed by atoms with Crippen molar-refractivity contribution in [1.82, 2.24) is 10.2 Å². The average molecular weight is 256 g/mol. The second-order valence-corrected chi connectivity index (χ2v) is 4.73. The molecule has 0 aromatic carbocycles. The normalized spacial score (nSPS) is 23.2. The van der Waals surface area contributed by atoms with Gasteiger partial charge in [-0.2, -0.15) is 0 Å². The molecule has 3 heterocycles. The van der Waals surface area contributed by atoms with Crippen LogP contribution in [0, 0.1) is 0 Å². The van der Waals surface area contributed by atoms with Crippen molar-refractivity contribution < 1.29 is 9.47 Å². The Balaban J connectivity index is 1.77. The molecular formula is C11H14ClN3O2. The van der Waals surface area contributed by atoms with E-state index in [1.807, 2.05) is 6.07 Å². The van der Waals surface area contributed by atoms with Crippen LogP contribution in [0.5, 0.6) is 0 Å². The predicted molar refractivity (Wildman–Crippen MR) is 63.1 cm³/mol. The summed E-state index contributed by atoms with van der Waals surface area (Å²) in [5.41, 5.74) is 0. The summed E-state index contributed by atoms with van der Waals surface area (Å²) in [6, 6.07) is 3.63. The van der Waals surface area contributed by atoms with Gasteiger partial charge in [0, 0.05) is 13.0 Å². The minimum Gasteiger partial charge on any atom is -0.350 e. The van der Waals surface area contributed by atoms with Crippen LogP contribution in [0.15, 0.2) is 12.1 Å².